The Morgan fingerprint density at radius 2 is 2.04 bits per heavy atom. The van der Waals surface area contributed by atoms with Crippen LogP contribution in [0.15, 0.2) is 36.4 Å². The second kappa shape index (κ2) is 7.89. The van der Waals surface area contributed by atoms with Crippen LogP contribution in [0, 0.1) is 0 Å². The molecular weight excluding hydrogens is 342 g/mol. The predicted octanol–water partition coefficient (Wildman–Crippen LogP) is 2.82. The molecule has 5 nitrogen and oxygen atoms in total. The molecule has 2 aliphatic rings. The molecule has 4 rings (SSSR count). The molecule has 0 saturated carbocycles. The molecule has 27 heavy (non-hydrogen) atoms. The Kier molecular flexibility index (Phi) is 5.34. The lowest BCUT2D eigenvalue weighted by atomic mass is 9.85. The normalized spacial score (nSPS) is 19.7. The fraction of sp³-hybridized carbons (Fsp3) is 0.455. The quantitative estimate of drug-likeness (QED) is 0.820. The first-order valence-corrected chi connectivity index (χ1v) is 9.64. The Balaban J connectivity index is 1.55. The maximum atomic E-state index is 10.7. The predicted molar refractivity (Wildman–Crippen MR) is 103 cm³/mol. The zero-order valence-corrected chi connectivity index (χ0v) is 15.7. The molecule has 2 atom stereocenters. The lowest BCUT2D eigenvalue weighted by Crippen LogP contribution is -2.35. The number of fused-ring (bicyclic) bond motifs is 2. The largest absolute Gasteiger partial charge is 0.454 e. The van der Waals surface area contributed by atoms with Crippen LogP contribution in [0.2, 0.25) is 0 Å². The van der Waals surface area contributed by atoms with Crippen LogP contribution in [0.1, 0.15) is 41.1 Å². The average Bonchev–Trinajstić information content (AvgIpc) is 3.16. The van der Waals surface area contributed by atoms with Crippen molar-refractivity contribution in [3.63, 3.8) is 0 Å². The molecule has 2 aromatic carbocycles. The third-order valence-corrected chi connectivity index (χ3v) is 5.75. The summed E-state index contributed by atoms with van der Waals surface area (Å²) in [7, 11) is 2.09. The van der Waals surface area contributed by atoms with Gasteiger partial charge < -0.3 is 19.7 Å². The number of aliphatic hydroxyl groups is 2. The highest BCUT2D eigenvalue weighted by Crippen LogP contribution is 2.45. The van der Waals surface area contributed by atoms with Gasteiger partial charge in [-0.2, -0.15) is 0 Å². The Bertz CT molecular complexity index is 793. The summed E-state index contributed by atoms with van der Waals surface area (Å²) in [5.41, 5.74) is 4.36. The van der Waals surface area contributed by atoms with Crippen molar-refractivity contribution in [1.82, 2.24) is 4.90 Å². The van der Waals surface area contributed by atoms with Crippen molar-refractivity contribution >= 4 is 0 Å². The number of aliphatic hydroxyl groups excluding tert-OH is 2. The fourth-order valence-corrected chi connectivity index (χ4v) is 4.29. The number of aryl methyl sites for hydroxylation is 1. The van der Waals surface area contributed by atoms with E-state index < -0.39 is 6.10 Å². The number of hydrogen-bond acceptors (Lipinski definition) is 5. The second-order valence-corrected chi connectivity index (χ2v) is 7.48. The Morgan fingerprint density at radius 3 is 2.81 bits per heavy atom. The number of benzene rings is 2. The summed E-state index contributed by atoms with van der Waals surface area (Å²) in [6.07, 6.45) is 2.73. The van der Waals surface area contributed by atoms with Crippen molar-refractivity contribution in [3.8, 4) is 11.5 Å². The minimum Gasteiger partial charge on any atom is -0.454 e. The van der Waals surface area contributed by atoms with Crippen LogP contribution in [-0.4, -0.2) is 41.6 Å². The molecule has 0 fully saturated rings. The Morgan fingerprint density at radius 1 is 1.22 bits per heavy atom. The lowest BCUT2D eigenvalue weighted by molar-refractivity contribution is 0.101. The topological polar surface area (TPSA) is 62.2 Å². The molecule has 0 saturated heterocycles. The van der Waals surface area contributed by atoms with E-state index in [0.717, 1.165) is 42.7 Å². The number of ether oxygens (including phenoxy) is 2. The number of hydrogen-bond donors (Lipinski definition) is 2. The highest BCUT2D eigenvalue weighted by atomic mass is 16.7. The first-order chi connectivity index (χ1) is 13.2. The molecule has 5 heteroatoms. The smallest absolute Gasteiger partial charge is 0.231 e. The molecule has 0 aromatic heterocycles. The molecule has 2 N–H and O–H groups in total. The SMILES string of the molecule is CN1CCc2cc3c(c(CO)c2C1CC(O)CCc1ccccc1)OCO3. The summed E-state index contributed by atoms with van der Waals surface area (Å²) in [4.78, 5) is 2.27. The van der Waals surface area contributed by atoms with Crippen LogP contribution in [0.5, 0.6) is 11.5 Å². The first-order valence-electron chi connectivity index (χ1n) is 9.64. The molecule has 2 aliphatic heterocycles. The fourth-order valence-electron chi connectivity index (χ4n) is 4.29. The molecule has 2 heterocycles. The van der Waals surface area contributed by atoms with Crippen molar-refractivity contribution in [2.75, 3.05) is 20.4 Å². The van der Waals surface area contributed by atoms with Gasteiger partial charge in [0.15, 0.2) is 11.5 Å². The zero-order chi connectivity index (χ0) is 18.8. The monoisotopic (exact) mass is 369 g/mol. The van der Waals surface area contributed by atoms with E-state index in [9.17, 15) is 10.2 Å². The van der Waals surface area contributed by atoms with Crippen LogP contribution in [0.3, 0.4) is 0 Å². The van der Waals surface area contributed by atoms with Crippen molar-refractivity contribution in [1.29, 1.82) is 0 Å². The molecule has 0 bridgehead atoms. The Hall–Kier alpha value is -2.08. The molecule has 0 amide bonds. The van der Waals surface area contributed by atoms with Gasteiger partial charge >= 0.3 is 0 Å². The molecule has 0 spiro atoms. The van der Waals surface area contributed by atoms with Gasteiger partial charge in [0.25, 0.3) is 0 Å². The van der Waals surface area contributed by atoms with E-state index in [1.165, 1.54) is 11.1 Å². The van der Waals surface area contributed by atoms with Crippen molar-refractivity contribution < 1.29 is 19.7 Å². The maximum Gasteiger partial charge on any atom is 0.231 e. The van der Waals surface area contributed by atoms with Crippen molar-refractivity contribution in [2.45, 2.75) is 44.4 Å². The third kappa shape index (κ3) is 3.68. The Labute approximate surface area is 160 Å². The second-order valence-electron chi connectivity index (χ2n) is 7.48. The van der Waals surface area contributed by atoms with Gasteiger partial charge in [0.1, 0.15) is 0 Å². The number of rotatable bonds is 6. The van der Waals surface area contributed by atoms with Crippen molar-refractivity contribution in [2.24, 2.45) is 0 Å². The van der Waals surface area contributed by atoms with Gasteiger partial charge in [-0.15, -0.1) is 0 Å². The molecule has 0 radical (unpaired) electrons. The van der Waals surface area contributed by atoms with E-state index in [1.54, 1.807) is 0 Å². The van der Waals surface area contributed by atoms with Gasteiger partial charge in [0, 0.05) is 18.2 Å². The van der Waals surface area contributed by atoms with Gasteiger partial charge in [-0.3, -0.25) is 4.90 Å². The van der Waals surface area contributed by atoms with E-state index in [4.69, 9.17) is 9.47 Å². The van der Waals surface area contributed by atoms with Crippen LogP contribution in [-0.2, 0) is 19.4 Å². The van der Waals surface area contributed by atoms with Crippen LogP contribution in [0.4, 0.5) is 0 Å². The van der Waals surface area contributed by atoms with E-state index in [-0.39, 0.29) is 19.4 Å². The van der Waals surface area contributed by atoms with Gasteiger partial charge in [-0.1, -0.05) is 30.3 Å². The lowest BCUT2D eigenvalue weighted by Gasteiger charge is -2.37. The third-order valence-electron chi connectivity index (χ3n) is 5.75. The number of likely N-dealkylation sites (N-methyl/N-ethyl adjacent to an activating group) is 1. The minimum atomic E-state index is -0.402. The van der Waals surface area contributed by atoms with Crippen LogP contribution < -0.4 is 9.47 Å². The molecule has 2 aromatic rings. The van der Waals surface area contributed by atoms with E-state index in [0.29, 0.717) is 12.2 Å². The van der Waals surface area contributed by atoms with E-state index in [1.807, 2.05) is 24.3 Å². The molecule has 144 valence electrons. The summed E-state index contributed by atoms with van der Waals surface area (Å²) in [5, 5.41) is 20.7. The zero-order valence-electron chi connectivity index (χ0n) is 15.7. The summed E-state index contributed by atoms with van der Waals surface area (Å²) in [6.45, 7) is 1.04. The maximum absolute atomic E-state index is 10.7. The number of nitrogens with zero attached hydrogens (tertiary/aromatic N) is 1. The van der Waals surface area contributed by atoms with Gasteiger partial charge in [-0.25, -0.2) is 0 Å². The average molecular weight is 369 g/mol. The van der Waals surface area contributed by atoms with Gasteiger partial charge in [-0.05, 0) is 55.5 Å². The minimum absolute atomic E-state index is 0.0659. The molecule has 0 aliphatic carbocycles. The van der Waals surface area contributed by atoms with Gasteiger partial charge in [0.2, 0.25) is 6.79 Å². The molecular formula is C22H27NO4. The van der Waals surface area contributed by atoms with E-state index in [2.05, 4.69) is 24.1 Å². The standard InChI is InChI=1S/C22H27NO4/c1-23-10-9-16-11-20-22(27-14-26-20)18(13-24)21(16)19(23)12-17(25)8-7-15-5-3-2-4-6-15/h2-6,11,17,19,24-25H,7-10,12-14H2,1H3. The molecule has 2 unspecified atom stereocenters. The first kappa shape index (κ1) is 18.3. The van der Waals surface area contributed by atoms with Gasteiger partial charge in [0.05, 0.1) is 12.7 Å². The highest BCUT2D eigenvalue weighted by Gasteiger charge is 2.33. The highest BCUT2D eigenvalue weighted by molar-refractivity contribution is 5.57. The van der Waals surface area contributed by atoms with Crippen LogP contribution >= 0.6 is 0 Å². The summed E-state index contributed by atoms with van der Waals surface area (Å²) < 4.78 is 11.2. The summed E-state index contributed by atoms with van der Waals surface area (Å²) in [6, 6.07) is 12.4. The summed E-state index contributed by atoms with van der Waals surface area (Å²) >= 11 is 0. The van der Waals surface area contributed by atoms with Crippen molar-refractivity contribution in [3.05, 3.63) is 58.7 Å². The summed E-state index contributed by atoms with van der Waals surface area (Å²) in [5.74, 6) is 1.39. The van der Waals surface area contributed by atoms with Crippen LogP contribution in [0.25, 0.3) is 0 Å². The van der Waals surface area contributed by atoms with E-state index >= 15 is 0 Å².